The Balaban J connectivity index is 1.49. The van der Waals surface area contributed by atoms with Gasteiger partial charge >= 0.3 is 5.97 Å². The van der Waals surface area contributed by atoms with Gasteiger partial charge in [-0.15, -0.1) is 11.3 Å². The van der Waals surface area contributed by atoms with Crippen LogP contribution in [0.1, 0.15) is 24.8 Å². The highest BCUT2D eigenvalue weighted by Crippen LogP contribution is 2.37. The van der Waals surface area contributed by atoms with Crippen LogP contribution in [-0.4, -0.2) is 36.6 Å². The van der Waals surface area contributed by atoms with Crippen molar-refractivity contribution in [1.29, 1.82) is 0 Å². The molecule has 1 aromatic heterocycles. The summed E-state index contributed by atoms with van der Waals surface area (Å²) in [6.07, 6.45) is 2.31. The smallest absolute Gasteiger partial charge is 0.323 e. The molecule has 2 aromatic carbocycles. The van der Waals surface area contributed by atoms with Gasteiger partial charge in [0.05, 0.1) is 10.5 Å². The van der Waals surface area contributed by atoms with Gasteiger partial charge in [-0.25, -0.2) is 17.8 Å². The lowest BCUT2D eigenvalue weighted by Gasteiger charge is -2.15. The maximum absolute atomic E-state index is 14.8. The number of carboxylic acids is 1. The van der Waals surface area contributed by atoms with Crippen LogP contribution in [0.4, 0.5) is 10.2 Å². The summed E-state index contributed by atoms with van der Waals surface area (Å²) in [6.45, 7) is 0.478. The van der Waals surface area contributed by atoms with Gasteiger partial charge in [-0.05, 0) is 62.1 Å². The fourth-order valence-electron chi connectivity index (χ4n) is 3.41. The van der Waals surface area contributed by atoms with Crippen LogP contribution in [0.3, 0.4) is 0 Å². The zero-order chi connectivity index (χ0) is 25.2. The summed E-state index contributed by atoms with van der Waals surface area (Å²) in [7, 11) is -4.25. The number of nitrogens with zero attached hydrogens (tertiary/aromatic N) is 1. The molecule has 1 fully saturated rings. The predicted molar refractivity (Wildman–Crippen MR) is 132 cm³/mol. The molecule has 0 bridgehead atoms. The Morgan fingerprint density at radius 1 is 1.23 bits per heavy atom. The first-order valence-corrected chi connectivity index (χ1v) is 13.6. The lowest BCUT2D eigenvalue weighted by atomic mass is 10.1. The van der Waals surface area contributed by atoms with E-state index in [1.54, 1.807) is 18.2 Å². The minimum Gasteiger partial charge on any atom is -0.480 e. The standard InChI is InChI=1S/C22H20Cl2FN3O5S2/c23-14-3-4-17(13(8-14)2-1-7-27-22(5-6-22)21(29)30)33-18-10-16(25)19(9-15(18)24)35(31,32)28-20-11-34-12-26-20/h3-4,8-12,27-28H,1-2,5-7H2,(H,29,30). The van der Waals surface area contributed by atoms with Crippen LogP contribution in [0.5, 0.6) is 11.5 Å². The molecule has 0 spiro atoms. The number of halogens is 3. The molecule has 8 nitrogen and oxygen atoms in total. The van der Waals surface area contributed by atoms with Crippen molar-refractivity contribution < 1.29 is 27.4 Å². The summed E-state index contributed by atoms with van der Waals surface area (Å²) in [5, 5.41) is 14.2. The lowest BCUT2D eigenvalue weighted by Crippen LogP contribution is -2.39. The van der Waals surface area contributed by atoms with E-state index in [0.717, 1.165) is 12.1 Å². The number of aryl methyl sites for hydroxylation is 1. The highest BCUT2D eigenvalue weighted by Gasteiger charge is 2.49. The number of aliphatic carboxylic acids is 1. The lowest BCUT2D eigenvalue weighted by molar-refractivity contribution is -0.140. The second-order valence-corrected chi connectivity index (χ2v) is 11.2. The Morgan fingerprint density at radius 2 is 2.00 bits per heavy atom. The second-order valence-electron chi connectivity index (χ2n) is 7.96. The first-order valence-electron chi connectivity index (χ1n) is 10.4. The number of rotatable bonds is 11. The van der Waals surface area contributed by atoms with Gasteiger partial charge in [0.25, 0.3) is 10.0 Å². The molecule has 0 unspecified atom stereocenters. The molecule has 4 rings (SSSR count). The number of ether oxygens (including phenoxy) is 1. The monoisotopic (exact) mass is 559 g/mol. The van der Waals surface area contributed by atoms with Crippen LogP contribution >= 0.6 is 34.5 Å². The van der Waals surface area contributed by atoms with E-state index in [-0.39, 0.29) is 16.6 Å². The van der Waals surface area contributed by atoms with E-state index in [2.05, 4.69) is 15.0 Å². The number of hydrogen-bond acceptors (Lipinski definition) is 7. The van der Waals surface area contributed by atoms with E-state index in [9.17, 15) is 22.7 Å². The summed E-state index contributed by atoms with van der Waals surface area (Å²) >= 11 is 13.6. The SMILES string of the molecule is O=C(O)C1(NCCCc2cc(Cl)ccc2Oc2cc(F)c(S(=O)(=O)Nc3cscn3)cc2Cl)CC1. The fourth-order valence-corrected chi connectivity index (χ4v) is 5.51. The predicted octanol–water partition coefficient (Wildman–Crippen LogP) is 5.32. The summed E-state index contributed by atoms with van der Waals surface area (Å²) in [5.41, 5.74) is 1.32. The van der Waals surface area contributed by atoms with E-state index in [0.29, 0.717) is 48.6 Å². The molecule has 0 atom stereocenters. The second kappa shape index (κ2) is 10.3. The van der Waals surface area contributed by atoms with Crippen molar-refractivity contribution in [2.24, 2.45) is 0 Å². The van der Waals surface area contributed by atoms with Gasteiger partial charge < -0.3 is 15.2 Å². The average molecular weight is 560 g/mol. The molecule has 0 radical (unpaired) electrons. The van der Waals surface area contributed by atoms with Crippen LogP contribution in [0.25, 0.3) is 0 Å². The molecule has 0 saturated heterocycles. The molecule has 1 heterocycles. The number of aromatic nitrogens is 1. The third-order valence-corrected chi connectivity index (χ3v) is 7.92. The topological polar surface area (TPSA) is 118 Å². The molecule has 0 amide bonds. The molecule has 0 aliphatic heterocycles. The third-order valence-electron chi connectivity index (χ3n) is 5.44. The summed E-state index contributed by atoms with van der Waals surface area (Å²) in [4.78, 5) is 14.5. The van der Waals surface area contributed by atoms with Crippen LogP contribution < -0.4 is 14.8 Å². The molecule has 1 aliphatic rings. The van der Waals surface area contributed by atoms with Crippen molar-refractivity contribution in [3.05, 3.63) is 62.6 Å². The number of sulfonamides is 1. The van der Waals surface area contributed by atoms with Gasteiger partial charge in [0.2, 0.25) is 0 Å². The summed E-state index contributed by atoms with van der Waals surface area (Å²) in [5.74, 6) is -1.53. The maximum Gasteiger partial charge on any atom is 0.323 e. The number of carbonyl (C=O) groups is 1. The number of anilines is 1. The van der Waals surface area contributed by atoms with Gasteiger partial charge in [-0.1, -0.05) is 23.2 Å². The third kappa shape index (κ3) is 6.04. The number of benzene rings is 2. The Hall–Kier alpha value is -2.44. The van der Waals surface area contributed by atoms with Crippen LogP contribution in [-0.2, 0) is 21.2 Å². The molecule has 1 aliphatic carbocycles. The van der Waals surface area contributed by atoms with Crippen molar-refractivity contribution in [2.45, 2.75) is 36.1 Å². The number of carboxylic acid groups (broad SMARTS) is 1. The van der Waals surface area contributed by atoms with Crippen LogP contribution in [0, 0.1) is 5.82 Å². The molecule has 186 valence electrons. The molecule has 3 aromatic rings. The fraction of sp³-hybridized carbons (Fsp3) is 0.273. The summed E-state index contributed by atoms with van der Waals surface area (Å²) in [6, 6.07) is 6.78. The van der Waals surface area contributed by atoms with E-state index in [4.69, 9.17) is 27.9 Å². The van der Waals surface area contributed by atoms with Gasteiger partial charge in [0.15, 0.2) is 5.82 Å². The number of hydrogen-bond donors (Lipinski definition) is 3. The Morgan fingerprint density at radius 3 is 2.66 bits per heavy atom. The highest BCUT2D eigenvalue weighted by atomic mass is 35.5. The minimum atomic E-state index is -4.25. The molecule has 1 saturated carbocycles. The van der Waals surface area contributed by atoms with Crippen LogP contribution in [0.15, 0.2) is 46.1 Å². The van der Waals surface area contributed by atoms with Crippen molar-refractivity contribution in [3.63, 3.8) is 0 Å². The summed E-state index contributed by atoms with van der Waals surface area (Å²) < 4.78 is 47.9. The molecule has 13 heteroatoms. The minimum absolute atomic E-state index is 0.0683. The van der Waals surface area contributed by atoms with E-state index in [1.165, 1.54) is 22.2 Å². The van der Waals surface area contributed by atoms with Crippen molar-refractivity contribution in [3.8, 4) is 11.5 Å². The first-order chi connectivity index (χ1) is 16.6. The van der Waals surface area contributed by atoms with Crippen LogP contribution in [0.2, 0.25) is 10.0 Å². The van der Waals surface area contributed by atoms with Gasteiger partial charge in [-0.3, -0.25) is 9.52 Å². The van der Waals surface area contributed by atoms with E-state index < -0.39 is 32.2 Å². The Bertz CT molecular complexity index is 1350. The van der Waals surface area contributed by atoms with Gasteiger partial charge in [0, 0.05) is 16.5 Å². The Kier molecular flexibility index (Phi) is 7.53. The van der Waals surface area contributed by atoms with Gasteiger partial charge in [-0.2, -0.15) is 0 Å². The Labute approximate surface area is 215 Å². The van der Waals surface area contributed by atoms with Crippen molar-refractivity contribution in [1.82, 2.24) is 10.3 Å². The van der Waals surface area contributed by atoms with E-state index in [1.807, 2.05) is 0 Å². The molecular formula is C22H20Cl2FN3O5S2. The largest absolute Gasteiger partial charge is 0.480 e. The highest BCUT2D eigenvalue weighted by molar-refractivity contribution is 7.92. The molecule has 35 heavy (non-hydrogen) atoms. The zero-order valence-corrected chi connectivity index (χ0v) is 21.2. The average Bonchev–Trinajstić information content (AvgIpc) is 3.43. The normalized spacial score (nSPS) is 14.5. The van der Waals surface area contributed by atoms with E-state index >= 15 is 0 Å². The number of thiazole rings is 1. The van der Waals surface area contributed by atoms with Crippen molar-refractivity contribution in [2.75, 3.05) is 11.3 Å². The molecule has 3 N–H and O–H groups in total. The number of nitrogens with one attached hydrogen (secondary N) is 2. The van der Waals surface area contributed by atoms with Gasteiger partial charge in [0.1, 0.15) is 27.8 Å². The first kappa shape index (κ1) is 25.6. The zero-order valence-electron chi connectivity index (χ0n) is 18.1. The molecular weight excluding hydrogens is 540 g/mol. The maximum atomic E-state index is 14.8. The quantitative estimate of drug-likeness (QED) is 0.272. The van der Waals surface area contributed by atoms with Crippen molar-refractivity contribution >= 4 is 56.3 Å².